The van der Waals surface area contributed by atoms with Gasteiger partial charge in [-0.05, 0) is 44.4 Å². The number of rotatable bonds is 4. The number of nitrogen functional groups attached to an aromatic ring is 1. The molecule has 0 radical (unpaired) electrons. The van der Waals surface area contributed by atoms with Crippen LogP contribution in [0.1, 0.15) is 52.2 Å². The summed E-state index contributed by atoms with van der Waals surface area (Å²) in [6, 6.07) is 15.0. The van der Waals surface area contributed by atoms with Crippen LogP contribution in [0.4, 0.5) is 10.5 Å². The van der Waals surface area contributed by atoms with Crippen molar-refractivity contribution in [3.05, 3.63) is 59.7 Å². The van der Waals surface area contributed by atoms with Gasteiger partial charge in [-0.15, -0.1) is 0 Å². The van der Waals surface area contributed by atoms with Crippen molar-refractivity contribution in [2.45, 2.75) is 64.3 Å². The maximum absolute atomic E-state index is 12.4. The zero-order valence-electron chi connectivity index (χ0n) is 18.4. The van der Waals surface area contributed by atoms with E-state index < -0.39 is 28.3 Å². The van der Waals surface area contributed by atoms with E-state index in [0.29, 0.717) is 29.8 Å². The second-order valence-electron chi connectivity index (χ2n) is 9.57. The van der Waals surface area contributed by atoms with Crippen LogP contribution >= 0.6 is 0 Å². The van der Waals surface area contributed by atoms with E-state index >= 15 is 0 Å². The third-order valence-corrected chi connectivity index (χ3v) is 6.26. The quantitative estimate of drug-likeness (QED) is 0.654. The fraction of sp³-hybridized carbons (Fsp3) is 0.458. The molecule has 2 aromatic rings. The summed E-state index contributed by atoms with van der Waals surface area (Å²) in [6.45, 7) is 9.37. The smallest absolute Gasteiger partial charge is 0.405 e. The van der Waals surface area contributed by atoms with Crippen LogP contribution < -0.4 is 16.2 Å². The summed E-state index contributed by atoms with van der Waals surface area (Å²) in [5, 5.41) is 12.4. The zero-order valence-corrected chi connectivity index (χ0v) is 18.4. The van der Waals surface area contributed by atoms with Gasteiger partial charge in [-0.2, -0.15) is 0 Å². The minimum absolute atomic E-state index is 0.290. The Morgan fingerprint density at radius 2 is 1.77 bits per heavy atom. The number of anilines is 1. The predicted molar refractivity (Wildman–Crippen MR) is 117 cm³/mol. The van der Waals surface area contributed by atoms with Gasteiger partial charge in [0.15, 0.2) is 5.60 Å². The first-order valence-corrected chi connectivity index (χ1v) is 10.2. The lowest BCUT2D eigenvalue weighted by atomic mass is 9.55. The molecule has 6 heteroatoms. The minimum atomic E-state index is -1.59. The highest BCUT2D eigenvalue weighted by Crippen LogP contribution is 2.61. The van der Waals surface area contributed by atoms with E-state index in [9.17, 15) is 9.90 Å². The molecule has 0 aliphatic carbocycles. The summed E-state index contributed by atoms with van der Waals surface area (Å²) >= 11 is 0. The highest BCUT2D eigenvalue weighted by molar-refractivity contribution is 5.67. The number of benzene rings is 2. The number of primary amides is 1. The number of amides is 1. The van der Waals surface area contributed by atoms with Crippen molar-refractivity contribution in [2.24, 2.45) is 11.1 Å². The number of ether oxygens (including phenoxy) is 2. The summed E-state index contributed by atoms with van der Waals surface area (Å²) in [6.07, 6.45) is -0.101. The molecule has 1 aliphatic heterocycles. The van der Waals surface area contributed by atoms with Crippen molar-refractivity contribution in [1.29, 1.82) is 0 Å². The summed E-state index contributed by atoms with van der Waals surface area (Å²) in [5.41, 5.74) is 8.81. The van der Waals surface area contributed by atoms with Crippen LogP contribution in [0.5, 0.6) is 5.75 Å². The lowest BCUT2D eigenvalue weighted by Gasteiger charge is -2.61. The van der Waals surface area contributed by atoms with E-state index in [2.05, 4.69) is 0 Å². The highest BCUT2D eigenvalue weighted by atomic mass is 16.6. The monoisotopic (exact) mass is 412 g/mol. The van der Waals surface area contributed by atoms with Crippen LogP contribution in [-0.2, 0) is 16.8 Å². The van der Waals surface area contributed by atoms with Crippen LogP contribution in [0.25, 0.3) is 0 Å². The van der Waals surface area contributed by atoms with E-state index in [1.165, 1.54) is 0 Å². The molecule has 30 heavy (non-hydrogen) atoms. The SMILES string of the molecule is CC1(C)Oc2cc(N)ccc2[C@@](OC(N)=O)(C(C)(C)C)[C@@]1(O)CCc1ccccc1. The normalized spacial score (nSPS) is 25.1. The molecule has 6 nitrogen and oxygen atoms in total. The molecule has 2 aromatic carbocycles. The standard InChI is InChI=1S/C24H32N2O4/c1-21(2,3)24(30-20(26)27)18-12-11-17(25)15-19(18)29-22(4,5)23(24,28)14-13-16-9-7-6-8-10-16/h6-12,15,28H,13-14,25H2,1-5H3,(H2,26,27)/t23-,24-/m1/s1. The number of aliphatic hydroxyl groups is 1. The molecular formula is C24H32N2O4. The van der Waals surface area contributed by atoms with Gasteiger partial charge >= 0.3 is 6.09 Å². The van der Waals surface area contributed by atoms with Crippen molar-refractivity contribution in [3.8, 4) is 5.75 Å². The Labute approximate surface area is 178 Å². The van der Waals surface area contributed by atoms with E-state index in [1.54, 1.807) is 32.0 Å². The summed E-state index contributed by atoms with van der Waals surface area (Å²) in [7, 11) is 0. The van der Waals surface area contributed by atoms with E-state index in [1.807, 2.05) is 51.1 Å². The van der Waals surface area contributed by atoms with Crippen LogP contribution in [0.2, 0.25) is 0 Å². The van der Waals surface area contributed by atoms with Crippen LogP contribution in [0, 0.1) is 5.41 Å². The molecule has 1 aliphatic rings. The van der Waals surface area contributed by atoms with Crippen LogP contribution in [0.3, 0.4) is 0 Å². The number of hydrogen-bond acceptors (Lipinski definition) is 5. The molecular weight excluding hydrogens is 380 g/mol. The van der Waals surface area contributed by atoms with Crippen molar-refractivity contribution in [2.75, 3.05) is 5.73 Å². The predicted octanol–water partition coefficient (Wildman–Crippen LogP) is 4.14. The molecule has 162 valence electrons. The Bertz CT molecular complexity index is 936. The van der Waals surface area contributed by atoms with Gasteiger partial charge in [0.2, 0.25) is 0 Å². The zero-order chi connectivity index (χ0) is 22.4. The van der Waals surface area contributed by atoms with Gasteiger partial charge in [0.05, 0.1) is 0 Å². The molecule has 0 unspecified atom stereocenters. The third kappa shape index (κ3) is 3.29. The second kappa shape index (κ2) is 7.20. The van der Waals surface area contributed by atoms with Gasteiger partial charge in [-0.3, -0.25) is 0 Å². The van der Waals surface area contributed by atoms with Crippen molar-refractivity contribution >= 4 is 11.8 Å². The largest absolute Gasteiger partial charge is 0.484 e. The topological polar surface area (TPSA) is 108 Å². The van der Waals surface area contributed by atoms with Gasteiger partial charge < -0.3 is 26.0 Å². The van der Waals surface area contributed by atoms with Crippen molar-refractivity contribution in [3.63, 3.8) is 0 Å². The van der Waals surface area contributed by atoms with Gasteiger partial charge in [0.25, 0.3) is 0 Å². The number of hydrogen-bond donors (Lipinski definition) is 3. The first kappa shape index (κ1) is 22.0. The maximum atomic E-state index is 12.4. The molecule has 0 aromatic heterocycles. The Morgan fingerprint density at radius 3 is 2.33 bits per heavy atom. The average molecular weight is 413 g/mol. The number of nitrogens with two attached hydrogens (primary N) is 2. The molecule has 5 N–H and O–H groups in total. The Balaban J connectivity index is 2.27. The lowest BCUT2D eigenvalue weighted by molar-refractivity contribution is -0.281. The molecule has 0 saturated carbocycles. The Hall–Kier alpha value is -2.73. The molecule has 1 heterocycles. The van der Waals surface area contributed by atoms with Crippen LogP contribution in [0.15, 0.2) is 48.5 Å². The fourth-order valence-corrected chi connectivity index (χ4v) is 4.83. The second-order valence-corrected chi connectivity index (χ2v) is 9.57. The number of carbonyl (C=O) groups excluding carboxylic acids is 1. The van der Waals surface area contributed by atoms with Gasteiger partial charge in [0.1, 0.15) is 17.0 Å². The number of carbonyl (C=O) groups is 1. The summed E-state index contributed by atoms with van der Waals surface area (Å²) < 4.78 is 12.2. The summed E-state index contributed by atoms with van der Waals surface area (Å²) in [4.78, 5) is 12.2. The molecule has 2 atom stereocenters. The van der Waals surface area contributed by atoms with Crippen molar-refractivity contribution in [1.82, 2.24) is 0 Å². The van der Waals surface area contributed by atoms with Crippen LogP contribution in [-0.4, -0.2) is 22.4 Å². The van der Waals surface area contributed by atoms with Gasteiger partial charge in [-0.1, -0.05) is 51.1 Å². The van der Waals surface area contributed by atoms with Gasteiger partial charge in [-0.25, -0.2) is 4.79 Å². The Morgan fingerprint density at radius 1 is 1.13 bits per heavy atom. The molecule has 1 amide bonds. The Kier molecular flexibility index (Phi) is 5.27. The maximum Gasteiger partial charge on any atom is 0.405 e. The molecule has 3 rings (SSSR count). The van der Waals surface area contributed by atoms with E-state index in [-0.39, 0.29) is 0 Å². The fourth-order valence-electron chi connectivity index (χ4n) is 4.83. The third-order valence-electron chi connectivity index (χ3n) is 6.26. The molecule has 0 bridgehead atoms. The van der Waals surface area contributed by atoms with Crippen molar-refractivity contribution < 1.29 is 19.4 Å². The average Bonchev–Trinajstić information content (AvgIpc) is 2.63. The molecule has 0 fully saturated rings. The molecule has 0 saturated heterocycles. The number of fused-ring (bicyclic) bond motifs is 1. The first-order chi connectivity index (χ1) is 13.8. The van der Waals surface area contributed by atoms with E-state index in [4.69, 9.17) is 20.9 Å². The lowest BCUT2D eigenvalue weighted by Crippen LogP contribution is -2.73. The number of aryl methyl sites for hydroxylation is 1. The van der Waals surface area contributed by atoms with Gasteiger partial charge in [0, 0.05) is 22.7 Å². The first-order valence-electron chi connectivity index (χ1n) is 10.2. The highest BCUT2D eigenvalue weighted by Gasteiger charge is 2.71. The minimum Gasteiger partial charge on any atom is -0.484 e. The summed E-state index contributed by atoms with van der Waals surface area (Å²) in [5.74, 6) is 0.473. The molecule has 0 spiro atoms. The van der Waals surface area contributed by atoms with E-state index in [0.717, 1.165) is 5.56 Å².